The lowest BCUT2D eigenvalue weighted by atomic mass is 9.76. The normalized spacial score (nSPS) is 27.9. The van der Waals surface area contributed by atoms with Crippen LogP contribution in [0.2, 0.25) is 0 Å². The number of likely N-dealkylation sites (N-methyl/N-ethyl adjacent to an activating group) is 1. The van der Waals surface area contributed by atoms with E-state index >= 15 is 0 Å². The molecule has 1 heterocycles. The Morgan fingerprint density at radius 2 is 2.16 bits per heavy atom. The summed E-state index contributed by atoms with van der Waals surface area (Å²) in [5.74, 6) is 0.858. The highest BCUT2D eigenvalue weighted by molar-refractivity contribution is 5.06. The minimum atomic E-state index is 0.205. The second-order valence-corrected chi connectivity index (χ2v) is 6.15. The summed E-state index contributed by atoms with van der Waals surface area (Å²) in [5, 5.41) is 4.27. The molecule has 2 N–H and O–H groups in total. The molecule has 0 radical (unpaired) electrons. The standard InChI is InChI=1S/C15H28N4/c1-4-19(11-14-9-17-18(3)10-14)15(12-16)7-5-13(2)6-8-15/h9-10,13H,4-8,11-12,16H2,1-3H3. The monoisotopic (exact) mass is 264 g/mol. The largest absolute Gasteiger partial charge is 0.329 e. The molecule has 1 fully saturated rings. The molecule has 0 spiro atoms. The first-order valence-electron chi connectivity index (χ1n) is 7.52. The summed E-state index contributed by atoms with van der Waals surface area (Å²) in [4.78, 5) is 2.57. The number of hydrogen-bond donors (Lipinski definition) is 1. The van der Waals surface area contributed by atoms with Gasteiger partial charge in [-0.05, 0) is 38.1 Å². The van der Waals surface area contributed by atoms with Gasteiger partial charge in [-0.3, -0.25) is 9.58 Å². The Bertz CT molecular complexity index is 391. The molecule has 0 aliphatic heterocycles. The van der Waals surface area contributed by atoms with Gasteiger partial charge in [0.2, 0.25) is 0 Å². The summed E-state index contributed by atoms with van der Waals surface area (Å²) in [6.07, 6.45) is 9.16. The van der Waals surface area contributed by atoms with Gasteiger partial charge in [0.05, 0.1) is 6.20 Å². The fraction of sp³-hybridized carbons (Fsp3) is 0.800. The number of hydrogen-bond acceptors (Lipinski definition) is 3. The highest BCUT2D eigenvalue weighted by Gasteiger charge is 2.37. The molecule has 0 aromatic carbocycles. The van der Waals surface area contributed by atoms with Crippen LogP contribution >= 0.6 is 0 Å². The molecule has 0 unspecified atom stereocenters. The minimum Gasteiger partial charge on any atom is -0.329 e. The average molecular weight is 264 g/mol. The van der Waals surface area contributed by atoms with Crippen molar-refractivity contribution in [1.29, 1.82) is 0 Å². The molecular formula is C15H28N4. The number of nitrogens with zero attached hydrogens (tertiary/aromatic N) is 3. The van der Waals surface area contributed by atoms with E-state index < -0.39 is 0 Å². The second-order valence-electron chi connectivity index (χ2n) is 6.15. The lowest BCUT2D eigenvalue weighted by molar-refractivity contribution is 0.0423. The van der Waals surface area contributed by atoms with Gasteiger partial charge < -0.3 is 5.73 Å². The van der Waals surface area contributed by atoms with E-state index in [1.54, 1.807) is 0 Å². The van der Waals surface area contributed by atoms with Crippen LogP contribution in [-0.2, 0) is 13.6 Å². The van der Waals surface area contributed by atoms with Crippen molar-refractivity contribution in [2.24, 2.45) is 18.7 Å². The van der Waals surface area contributed by atoms with E-state index in [2.05, 4.69) is 30.0 Å². The summed E-state index contributed by atoms with van der Waals surface area (Å²) in [6, 6.07) is 0. The second kappa shape index (κ2) is 6.06. The molecule has 4 heteroatoms. The van der Waals surface area contributed by atoms with Gasteiger partial charge in [-0.15, -0.1) is 0 Å². The Morgan fingerprint density at radius 3 is 2.63 bits per heavy atom. The van der Waals surface area contributed by atoms with Crippen molar-refractivity contribution in [1.82, 2.24) is 14.7 Å². The van der Waals surface area contributed by atoms with Crippen LogP contribution in [-0.4, -0.2) is 33.3 Å². The smallest absolute Gasteiger partial charge is 0.0534 e. The van der Waals surface area contributed by atoms with Gasteiger partial charge in [0.15, 0.2) is 0 Å². The Balaban J connectivity index is 2.10. The third-order valence-electron chi connectivity index (χ3n) is 4.77. The first kappa shape index (κ1) is 14.5. The SMILES string of the molecule is CCN(Cc1cnn(C)c1)C1(CN)CCC(C)CC1. The van der Waals surface area contributed by atoms with Crippen molar-refractivity contribution >= 4 is 0 Å². The Morgan fingerprint density at radius 1 is 1.47 bits per heavy atom. The zero-order valence-electron chi connectivity index (χ0n) is 12.6. The van der Waals surface area contributed by atoms with Crippen LogP contribution < -0.4 is 5.73 Å². The summed E-state index contributed by atoms with van der Waals surface area (Å²) in [5.41, 5.74) is 7.65. The number of rotatable bonds is 5. The lowest BCUT2D eigenvalue weighted by Gasteiger charge is -2.47. The summed E-state index contributed by atoms with van der Waals surface area (Å²) >= 11 is 0. The Labute approximate surface area is 117 Å². The number of aryl methyl sites for hydroxylation is 1. The van der Waals surface area contributed by atoms with Crippen molar-refractivity contribution in [3.05, 3.63) is 18.0 Å². The fourth-order valence-corrected chi connectivity index (χ4v) is 3.34. The average Bonchev–Trinajstić information content (AvgIpc) is 2.83. The third kappa shape index (κ3) is 3.18. The van der Waals surface area contributed by atoms with Gasteiger partial charge in [0.1, 0.15) is 0 Å². The molecule has 1 aliphatic rings. The maximum absolute atomic E-state index is 6.16. The van der Waals surface area contributed by atoms with Crippen LogP contribution in [0.25, 0.3) is 0 Å². The molecule has 0 amide bonds. The minimum absolute atomic E-state index is 0.205. The Hall–Kier alpha value is -0.870. The van der Waals surface area contributed by atoms with Crippen molar-refractivity contribution in [3.8, 4) is 0 Å². The van der Waals surface area contributed by atoms with E-state index in [0.29, 0.717) is 0 Å². The Kier molecular flexibility index (Phi) is 4.63. The third-order valence-corrected chi connectivity index (χ3v) is 4.77. The predicted octanol–water partition coefficient (Wildman–Crippen LogP) is 2.15. The van der Waals surface area contributed by atoms with Crippen molar-refractivity contribution in [2.45, 2.75) is 51.6 Å². The van der Waals surface area contributed by atoms with Crippen LogP contribution in [0.5, 0.6) is 0 Å². The summed E-state index contributed by atoms with van der Waals surface area (Å²) in [6.45, 7) is 7.40. The molecule has 1 aromatic rings. The highest BCUT2D eigenvalue weighted by atomic mass is 15.3. The van der Waals surface area contributed by atoms with E-state index in [0.717, 1.165) is 25.6 Å². The summed E-state index contributed by atoms with van der Waals surface area (Å²) < 4.78 is 1.88. The molecule has 108 valence electrons. The van der Waals surface area contributed by atoms with Crippen molar-refractivity contribution in [3.63, 3.8) is 0 Å². The maximum Gasteiger partial charge on any atom is 0.0534 e. The van der Waals surface area contributed by atoms with E-state index in [1.165, 1.54) is 31.2 Å². The van der Waals surface area contributed by atoms with Gasteiger partial charge in [0, 0.05) is 37.4 Å². The molecule has 0 saturated heterocycles. The van der Waals surface area contributed by atoms with Crippen molar-refractivity contribution < 1.29 is 0 Å². The zero-order chi connectivity index (χ0) is 13.9. The van der Waals surface area contributed by atoms with Gasteiger partial charge >= 0.3 is 0 Å². The van der Waals surface area contributed by atoms with E-state index in [-0.39, 0.29) is 5.54 Å². The maximum atomic E-state index is 6.16. The molecule has 0 bridgehead atoms. The van der Waals surface area contributed by atoms with Gasteiger partial charge in [-0.1, -0.05) is 13.8 Å². The number of aromatic nitrogens is 2. The van der Waals surface area contributed by atoms with Gasteiger partial charge in [-0.2, -0.15) is 5.10 Å². The number of nitrogens with two attached hydrogens (primary N) is 1. The molecular weight excluding hydrogens is 236 g/mol. The van der Waals surface area contributed by atoms with Gasteiger partial charge in [-0.25, -0.2) is 0 Å². The predicted molar refractivity (Wildman–Crippen MR) is 78.7 cm³/mol. The van der Waals surface area contributed by atoms with E-state index in [9.17, 15) is 0 Å². The van der Waals surface area contributed by atoms with Crippen LogP contribution in [0.4, 0.5) is 0 Å². The molecule has 1 aromatic heterocycles. The first-order chi connectivity index (χ1) is 9.09. The fourth-order valence-electron chi connectivity index (χ4n) is 3.34. The lowest BCUT2D eigenvalue weighted by Crippen LogP contribution is -2.55. The molecule has 2 rings (SSSR count). The van der Waals surface area contributed by atoms with Crippen LogP contribution in [0.3, 0.4) is 0 Å². The van der Waals surface area contributed by atoms with E-state index in [4.69, 9.17) is 5.73 Å². The quantitative estimate of drug-likeness (QED) is 0.886. The van der Waals surface area contributed by atoms with Crippen LogP contribution in [0.15, 0.2) is 12.4 Å². The first-order valence-corrected chi connectivity index (χ1v) is 7.52. The van der Waals surface area contributed by atoms with Gasteiger partial charge in [0.25, 0.3) is 0 Å². The van der Waals surface area contributed by atoms with E-state index in [1.807, 2.05) is 17.9 Å². The molecule has 19 heavy (non-hydrogen) atoms. The van der Waals surface area contributed by atoms with Crippen molar-refractivity contribution in [2.75, 3.05) is 13.1 Å². The topological polar surface area (TPSA) is 47.1 Å². The molecule has 0 atom stereocenters. The van der Waals surface area contributed by atoms with Crippen LogP contribution in [0, 0.1) is 5.92 Å². The van der Waals surface area contributed by atoms with Crippen LogP contribution in [0.1, 0.15) is 45.1 Å². The zero-order valence-corrected chi connectivity index (χ0v) is 12.6. The summed E-state index contributed by atoms with van der Waals surface area (Å²) in [7, 11) is 1.97. The molecule has 1 aliphatic carbocycles. The molecule has 4 nitrogen and oxygen atoms in total. The highest BCUT2D eigenvalue weighted by Crippen LogP contribution is 2.36. The molecule has 1 saturated carbocycles.